The summed E-state index contributed by atoms with van der Waals surface area (Å²) in [4.78, 5) is 32.7. The number of aliphatic hydroxyl groups is 3. The molecule has 0 bridgehead atoms. The molecule has 1 saturated heterocycles. The van der Waals surface area contributed by atoms with Gasteiger partial charge in [0, 0.05) is 25.1 Å². The minimum atomic E-state index is -1.52. The van der Waals surface area contributed by atoms with Gasteiger partial charge in [-0.3, -0.25) is 10.1 Å². The number of rotatable bonds is 7. The first kappa shape index (κ1) is 21.5. The molecule has 0 radical (unpaired) electrons. The lowest BCUT2D eigenvalue weighted by Gasteiger charge is -2.37. The topological polar surface area (TPSA) is 189 Å². The Hall–Kier alpha value is -2.80. The molecule has 1 fully saturated rings. The van der Waals surface area contributed by atoms with Crippen LogP contribution in [0.15, 0.2) is 24.3 Å². The third kappa shape index (κ3) is 5.60. The van der Waals surface area contributed by atoms with Crippen molar-refractivity contribution in [1.82, 2.24) is 5.32 Å². The highest BCUT2D eigenvalue weighted by molar-refractivity contribution is 5.72. The first-order chi connectivity index (χ1) is 13.2. The summed E-state index contributed by atoms with van der Waals surface area (Å²) >= 11 is 0. The molecule has 12 heteroatoms. The number of nitrogens with zero attached hydrogens (tertiary/aromatic N) is 1. The van der Waals surface area contributed by atoms with Crippen molar-refractivity contribution in [2.75, 3.05) is 6.54 Å². The van der Waals surface area contributed by atoms with E-state index in [9.17, 15) is 35.0 Å². The average Bonchev–Trinajstić information content (AvgIpc) is 2.66. The van der Waals surface area contributed by atoms with Gasteiger partial charge < -0.3 is 35.2 Å². The number of aliphatic hydroxyl groups excluding tert-OH is 3. The normalized spacial score (nSPS) is 25.5. The Balaban J connectivity index is 1.81. The zero-order chi connectivity index (χ0) is 20.8. The molecule has 0 aromatic heterocycles. The van der Waals surface area contributed by atoms with Crippen molar-refractivity contribution < 1.29 is 44.4 Å². The zero-order valence-electron chi connectivity index (χ0n) is 14.5. The van der Waals surface area contributed by atoms with E-state index < -0.39 is 54.1 Å². The number of hydrogen-bond donors (Lipinski definition) is 5. The molecule has 28 heavy (non-hydrogen) atoms. The van der Waals surface area contributed by atoms with E-state index in [1.54, 1.807) is 0 Å². The van der Waals surface area contributed by atoms with Crippen molar-refractivity contribution in [3.05, 3.63) is 39.9 Å². The molecule has 1 aliphatic rings. The second-order valence-corrected chi connectivity index (χ2v) is 6.17. The van der Waals surface area contributed by atoms with Crippen molar-refractivity contribution in [3.63, 3.8) is 0 Å². The van der Waals surface area contributed by atoms with Crippen molar-refractivity contribution in [2.24, 2.45) is 0 Å². The van der Waals surface area contributed by atoms with E-state index in [0.717, 1.165) is 0 Å². The summed E-state index contributed by atoms with van der Waals surface area (Å²) in [5.41, 5.74) is 0.393. The number of nitrogens with one attached hydrogen (secondary N) is 1. The van der Waals surface area contributed by atoms with Gasteiger partial charge in [0.15, 0.2) is 6.10 Å². The minimum absolute atomic E-state index is 0.107. The lowest BCUT2D eigenvalue weighted by atomic mass is 9.94. The fraction of sp³-hybridized carbons (Fsp3) is 0.500. The van der Waals surface area contributed by atoms with E-state index in [1.807, 2.05) is 0 Å². The predicted molar refractivity (Wildman–Crippen MR) is 90.2 cm³/mol. The lowest BCUT2D eigenvalue weighted by molar-refractivity contribution is -0.384. The number of carbonyl (C=O) groups is 2. The molecule has 1 aromatic rings. The van der Waals surface area contributed by atoms with Crippen molar-refractivity contribution >= 4 is 17.7 Å². The molecule has 0 spiro atoms. The number of hydrogen-bond acceptors (Lipinski definition) is 9. The number of alkyl carbamates (subject to hydrolysis) is 1. The number of carboxylic acid groups (broad SMARTS) is 1. The fourth-order valence-corrected chi connectivity index (χ4v) is 2.60. The first-order valence-electron chi connectivity index (χ1n) is 8.25. The van der Waals surface area contributed by atoms with Gasteiger partial charge in [0.1, 0.15) is 24.9 Å². The van der Waals surface area contributed by atoms with Crippen LogP contribution in [0.5, 0.6) is 0 Å². The van der Waals surface area contributed by atoms with Crippen LogP contribution in [0, 0.1) is 10.1 Å². The summed E-state index contributed by atoms with van der Waals surface area (Å²) in [6.07, 6.45) is -8.49. The van der Waals surface area contributed by atoms with Crippen molar-refractivity contribution in [1.29, 1.82) is 0 Å². The summed E-state index contributed by atoms with van der Waals surface area (Å²) in [6.45, 7) is -0.609. The minimum Gasteiger partial charge on any atom is -0.479 e. The van der Waals surface area contributed by atoms with E-state index in [1.165, 1.54) is 24.3 Å². The third-order valence-corrected chi connectivity index (χ3v) is 4.14. The Bertz CT molecular complexity index is 710. The van der Waals surface area contributed by atoms with E-state index in [-0.39, 0.29) is 18.7 Å². The van der Waals surface area contributed by atoms with Gasteiger partial charge >= 0.3 is 12.1 Å². The smallest absolute Gasteiger partial charge is 0.407 e. The Kier molecular flexibility index (Phi) is 7.23. The van der Waals surface area contributed by atoms with Crippen LogP contribution in [-0.4, -0.2) is 74.5 Å². The number of nitro groups is 1. The number of amides is 1. The molecular weight excluding hydrogens is 380 g/mol. The number of benzene rings is 1. The highest BCUT2D eigenvalue weighted by atomic mass is 16.6. The molecule has 1 heterocycles. The number of non-ortho nitro benzene ring substituents is 1. The van der Waals surface area contributed by atoms with E-state index in [4.69, 9.17) is 14.6 Å². The van der Waals surface area contributed by atoms with Gasteiger partial charge in [-0.25, -0.2) is 9.59 Å². The number of carboxylic acids is 1. The first-order valence-corrected chi connectivity index (χ1v) is 8.25. The highest BCUT2D eigenvalue weighted by Gasteiger charge is 2.43. The Morgan fingerprint density at radius 1 is 1.32 bits per heavy atom. The summed E-state index contributed by atoms with van der Waals surface area (Å²) in [6, 6.07) is 5.35. The van der Waals surface area contributed by atoms with Crippen LogP contribution < -0.4 is 5.32 Å². The van der Waals surface area contributed by atoms with Crippen LogP contribution in [-0.2, 0) is 20.9 Å². The molecule has 154 valence electrons. The summed E-state index contributed by atoms with van der Waals surface area (Å²) in [5, 5.41) is 51.4. The number of nitro benzene ring substituents is 1. The van der Waals surface area contributed by atoms with Crippen LogP contribution in [0.3, 0.4) is 0 Å². The maximum atomic E-state index is 11.7. The van der Waals surface area contributed by atoms with Gasteiger partial charge in [0.2, 0.25) is 0 Å². The number of carbonyl (C=O) groups excluding carboxylic acids is 1. The maximum absolute atomic E-state index is 11.7. The molecular formula is C16H20N2O10. The standard InChI is InChI=1S/C16H20N2O10/c19-10-5-12(15(22)23)28-14(13(10)21)11(20)6-17-16(24)27-7-8-1-3-9(4-2-8)18(25)26/h1-4,10-14,19-21H,5-7H2,(H,17,24)(H,22,23)/t10-,11-,12+,13-,14-/m1/s1. The van der Waals surface area contributed by atoms with Crippen molar-refractivity contribution in [3.8, 4) is 0 Å². The van der Waals surface area contributed by atoms with Gasteiger partial charge in [0.05, 0.1) is 11.0 Å². The van der Waals surface area contributed by atoms with Gasteiger partial charge in [-0.2, -0.15) is 0 Å². The van der Waals surface area contributed by atoms with Crippen molar-refractivity contribution in [2.45, 2.75) is 43.5 Å². The molecule has 0 saturated carbocycles. The second kappa shape index (κ2) is 9.41. The average molecular weight is 400 g/mol. The van der Waals surface area contributed by atoms with E-state index >= 15 is 0 Å². The lowest BCUT2D eigenvalue weighted by Crippen LogP contribution is -2.57. The summed E-state index contributed by atoms with van der Waals surface area (Å²) in [7, 11) is 0. The molecule has 2 rings (SSSR count). The SMILES string of the molecule is O=C(NC[C@@H](O)[C@H]1O[C@H](C(=O)O)C[C@@H](O)[C@H]1O)OCc1ccc([N+](=O)[O-])cc1. The molecule has 1 aliphatic heterocycles. The van der Waals surface area contributed by atoms with Crippen LogP contribution in [0.1, 0.15) is 12.0 Å². The van der Waals surface area contributed by atoms with Crippen LogP contribution in [0.2, 0.25) is 0 Å². The zero-order valence-corrected chi connectivity index (χ0v) is 14.5. The number of ether oxygens (including phenoxy) is 2. The summed E-state index contributed by atoms with van der Waals surface area (Å²) in [5.74, 6) is -1.35. The van der Waals surface area contributed by atoms with E-state index in [2.05, 4.69) is 5.32 Å². The van der Waals surface area contributed by atoms with E-state index in [0.29, 0.717) is 5.56 Å². The van der Waals surface area contributed by atoms with Gasteiger partial charge in [-0.15, -0.1) is 0 Å². The Morgan fingerprint density at radius 2 is 1.96 bits per heavy atom. The highest BCUT2D eigenvalue weighted by Crippen LogP contribution is 2.23. The number of aliphatic carboxylic acids is 1. The third-order valence-electron chi connectivity index (χ3n) is 4.14. The van der Waals surface area contributed by atoms with Gasteiger partial charge in [0.25, 0.3) is 5.69 Å². The fourth-order valence-electron chi connectivity index (χ4n) is 2.60. The van der Waals surface area contributed by atoms with Gasteiger partial charge in [-0.1, -0.05) is 0 Å². The largest absolute Gasteiger partial charge is 0.479 e. The Labute approximate surface area is 158 Å². The maximum Gasteiger partial charge on any atom is 0.407 e. The van der Waals surface area contributed by atoms with Crippen LogP contribution in [0.25, 0.3) is 0 Å². The van der Waals surface area contributed by atoms with Crippen LogP contribution >= 0.6 is 0 Å². The molecule has 0 unspecified atom stereocenters. The quantitative estimate of drug-likeness (QED) is 0.285. The molecule has 5 N–H and O–H groups in total. The summed E-state index contributed by atoms with van der Waals surface area (Å²) < 4.78 is 9.97. The second-order valence-electron chi connectivity index (χ2n) is 6.17. The van der Waals surface area contributed by atoms with Crippen LogP contribution in [0.4, 0.5) is 10.5 Å². The Morgan fingerprint density at radius 3 is 2.54 bits per heavy atom. The monoisotopic (exact) mass is 400 g/mol. The van der Waals surface area contributed by atoms with Gasteiger partial charge in [-0.05, 0) is 17.7 Å². The predicted octanol–water partition coefficient (Wildman–Crippen LogP) is -0.854. The molecule has 1 amide bonds. The molecule has 1 aromatic carbocycles. The molecule has 12 nitrogen and oxygen atoms in total. The molecule has 0 aliphatic carbocycles. The molecule has 5 atom stereocenters.